The lowest BCUT2D eigenvalue weighted by atomic mass is 9.99. The number of halogens is 5. The van der Waals surface area contributed by atoms with Crippen molar-refractivity contribution in [3.8, 4) is 0 Å². The van der Waals surface area contributed by atoms with Gasteiger partial charge in [-0.25, -0.2) is 8.78 Å². The third kappa shape index (κ3) is 2.41. The van der Waals surface area contributed by atoms with Gasteiger partial charge < -0.3 is 5.73 Å². The Morgan fingerprint density at radius 2 is 1.67 bits per heavy atom. The normalized spacial score (nSPS) is 14.0. The lowest BCUT2D eigenvalue weighted by molar-refractivity contribution is -0.149. The first-order chi connectivity index (χ1) is 6.88. The molecule has 0 aliphatic rings. The van der Waals surface area contributed by atoms with E-state index in [1.807, 2.05) is 0 Å². The van der Waals surface area contributed by atoms with Gasteiger partial charge in [-0.1, -0.05) is 0 Å². The van der Waals surface area contributed by atoms with Gasteiger partial charge in [0.25, 0.3) is 0 Å². The molecule has 1 heterocycles. The fourth-order valence-electron chi connectivity index (χ4n) is 1.17. The molecular formula is C8H7F5N2. The number of hydrogen-bond acceptors (Lipinski definition) is 2. The highest BCUT2D eigenvalue weighted by molar-refractivity contribution is 5.22. The van der Waals surface area contributed by atoms with Crippen LogP contribution in [0, 0.1) is 11.6 Å². The van der Waals surface area contributed by atoms with Gasteiger partial charge in [0.15, 0.2) is 0 Å². The summed E-state index contributed by atoms with van der Waals surface area (Å²) in [6.45, 7) is -0.915. The van der Waals surface area contributed by atoms with Crippen molar-refractivity contribution in [2.24, 2.45) is 5.73 Å². The summed E-state index contributed by atoms with van der Waals surface area (Å²) < 4.78 is 62.9. The monoisotopic (exact) mass is 226 g/mol. The minimum atomic E-state index is -4.78. The van der Waals surface area contributed by atoms with E-state index >= 15 is 0 Å². The lowest BCUT2D eigenvalue weighted by Crippen LogP contribution is -2.29. The average Bonchev–Trinajstić information content (AvgIpc) is 2.09. The van der Waals surface area contributed by atoms with Crippen molar-refractivity contribution in [1.29, 1.82) is 0 Å². The van der Waals surface area contributed by atoms with Crippen molar-refractivity contribution in [1.82, 2.24) is 4.98 Å². The van der Waals surface area contributed by atoms with Gasteiger partial charge in [0, 0.05) is 12.1 Å². The second-order valence-corrected chi connectivity index (χ2v) is 2.85. The third-order valence-corrected chi connectivity index (χ3v) is 1.87. The summed E-state index contributed by atoms with van der Waals surface area (Å²) in [5.41, 5.74) is 3.77. The maximum atomic E-state index is 13.0. The molecule has 0 saturated heterocycles. The summed E-state index contributed by atoms with van der Waals surface area (Å²) in [7, 11) is 0. The fraction of sp³-hybridized carbons (Fsp3) is 0.375. The van der Waals surface area contributed by atoms with E-state index in [0.717, 1.165) is 0 Å². The molecule has 1 atom stereocenters. The smallest absolute Gasteiger partial charge is 0.330 e. The van der Waals surface area contributed by atoms with E-state index in [0.29, 0.717) is 12.4 Å². The molecule has 2 nitrogen and oxygen atoms in total. The topological polar surface area (TPSA) is 38.9 Å². The molecule has 1 unspecified atom stereocenters. The van der Waals surface area contributed by atoms with E-state index in [9.17, 15) is 22.0 Å². The Morgan fingerprint density at radius 3 is 2.00 bits per heavy atom. The summed E-state index contributed by atoms with van der Waals surface area (Å²) >= 11 is 0. The SMILES string of the molecule is NCC(c1c(F)cncc1F)C(F)(F)F. The first-order valence-electron chi connectivity index (χ1n) is 3.93. The first-order valence-corrected chi connectivity index (χ1v) is 3.93. The molecule has 0 aliphatic carbocycles. The number of nitrogens with two attached hydrogens (primary N) is 1. The summed E-state index contributed by atoms with van der Waals surface area (Å²) in [6.07, 6.45) is -3.74. The standard InChI is InChI=1S/C8H7F5N2/c9-5-2-15-3-6(10)7(5)4(1-14)8(11,12)13/h2-4H,1,14H2. The summed E-state index contributed by atoms with van der Waals surface area (Å²) in [6, 6.07) is 0. The van der Waals surface area contributed by atoms with Crippen LogP contribution < -0.4 is 5.73 Å². The van der Waals surface area contributed by atoms with Crippen molar-refractivity contribution in [2.45, 2.75) is 12.1 Å². The van der Waals surface area contributed by atoms with Crippen LogP contribution in [0.2, 0.25) is 0 Å². The number of nitrogens with zero attached hydrogens (tertiary/aromatic N) is 1. The van der Waals surface area contributed by atoms with Gasteiger partial charge in [-0.15, -0.1) is 0 Å². The molecule has 1 aromatic heterocycles. The van der Waals surface area contributed by atoms with Gasteiger partial charge in [-0.3, -0.25) is 4.98 Å². The molecule has 1 rings (SSSR count). The molecule has 15 heavy (non-hydrogen) atoms. The molecule has 84 valence electrons. The maximum Gasteiger partial charge on any atom is 0.397 e. The van der Waals surface area contributed by atoms with E-state index in [1.54, 1.807) is 0 Å². The maximum absolute atomic E-state index is 13.0. The number of pyridine rings is 1. The Bertz CT molecular complexity index is 329. The molecule has 0 bridgehead atoms. The molecule has 2 N–H and O–H groups in total. The molecule has 0 amide bonds. The Balaban J connectivity index is 3.24. The van der Waals surface area contributed by atoms with Crippen LogP contribution in [-0.2, 0) is 0 Å². The number of alkyl halides is 3. The second-order valence-electron chi connectivity index (χ2n) is 2.85. The van der Waals surface area contributed by atoms with Gasteiger partial charge >= 0.3 is 6.18 Å². The molecule has 0 fully saturated rings. The van der Waals surface area contributed by atoms with E-state index in [2.05, 4.69) is 4.98 Å². The van der Waals surface area contributed by atoms with Gasteiger partial charge in [0.05, 0.1) is 18.3 Å². The van der Waals surface area contributed by atoms with Crippen LogP contribution in [0.5, 0.6) is 0 Å². The number of hydrogen-bond donors (Lipinski definition) is 1. The fourth-order valence-corrected chi connectivity index (χ4v) is 1.17. The molecule has 0 radical (unpaired) electrons. The Morgan fingerprint density at radius 1 is 1.20 bits per heavy atom. The zero-order valence-corrected chi connectivity index (χ0v) is 7.35. The largest absolute Gasteiger partial charge is 0.397 e. The van der Waals surface area contributed by atoms with E-state index in [1.165, 1.54) is 0 Å². The van der Waals surface area contributed by atoms with Crippen molar-refractivity contribution < 1.29 is 22.0 Å². The van der Waals surface area contributed by atoms with Gasteiger partial charge in [0.2, 0.25) is 0 Å². The molecular weight excluding hydrogens is 219 g/mol. The van der Waals surface area contributed by atoms with Crippen LogP contribution in [-0.4, -0.2) is 17.7 Å². The molecule has 0 aromatic carbocycles. The highest BCUT2D eigenvalue weighted by Gasteiger charge is 2.42. The van der Waals surface area contributed by atoms with Crippen molar-refractivity contribution in [3.63, 3.8) is 0 Å². The van der Waals surface area contributed by atoms with Crippen LogP contribution in [0.25, 0.3) is 0 Å². The second kappa shape index (κ2) is 4.09. The Labute approximate surface area is 81.9 Å². The average molecular weight is 226 g/mol. The first kappa shape index (κ1) is 11.8. The third-order valence-electron chi connectivity index (χ3n) is 1.87. The lowest BCUT2D eigenvalue weighted by Gasteiger charge is -2.19. The molecule has 1 aromatic rings. The summed E-state index contributed by atoms with van der Waals surface area (Å²) in [4.78, 5) is 3.09. The highest BCUT2D eigenvalue weighted by Crippen LogP contribution is 2.36. The van der Waals surface area contributed by atoms with Crippen LogP contribution >= 0.6 is 0 Å². The van der Waals surface area contributed by atoms with Crippen molar-refractivity contribution in [2.75, 3.05) is 6.54 Å². The van der Waals surface area contributed by atoms with Crippen molar-refractivity contribution >= 4 is 0 Å². The predicted molar refractivity (Wildman–Crippen MR) is 42.0 cm³/mol. The number of aromatic nitrogens is 1. The predicted octanol–water partition coefficient (Wildman–Crippen LogP) is 1.96. The van der Waals surface area contributed by atoms with Crippen LogP contribution in [0.1, 0.15) is 11.5 Å². The Hall–Kier alpha value is -1.24. The number of rotatable bonds is 2. The minimum Gasteiger partial charge on any atom is -0.330 e. The van der Waals surface area contributed by atoms with Crippen LogP contribution in [0.4, 0.5) is 22.0 Å². The van der Waals surface area contributed by atoms with Gasteiger partial charge in [-0.05, 0) is 0 Å². The molecule has 0 spiro atoms. The van der Waals surface area contributed by atoms with E-state index in [4.69, 9.17) is 5.73 Å². The zero-order chi connectivity index (χ0) is 11.6. The van der Waals surface area contributed by atoms with Gasteiger partial charge in [-0.2, -0.15) is 13.2 Å². The van der Waals surface area contributed by atoms with Crippen LogP contribution in [0.3, 0.4) is 0 Å². The Kier molecular flexibility index (Phi) is 3.23. The highest BCUT2D eigenvalue weighted by atomic mass is 19.4. The zero-order valence-electron chi connectivity index (χ0n) is 7.35. The van der Waals surface area contributed by atoms with E-state index in [-0.39, 0.29) is 0 Å². The van der Waals surface area contributed by atoms with Gasteiger partial charge in [0.1, 0.15) is 11.6 Å². The van der Waals surface area contributed by atoms with Crippen molar-refractivity contribution in [3.05, 3.63) is 29.6 Å². The van der Waals surface area contributed by atoms with E-state index < -0.39 is 35.8 Å². The quantitative estimate of drug-likeness (QED) is 0.783. The molecule has 0 saturated carbocycles. The van der Waals surface area contributed by atoms with Crippen LogP contribution in [0.15, 0.2) is 12.4 Å². The molecule has 0 aliphatic heterocycles. The summed E-state index contributed by atoms with van der Waals surface area (Å²) in [5, 5.41) is 0. The molecule has 7 heteroatoms. The minimum absolute atomic E-state index is 0.521. The summed E-state index contributed by atoms with van der Waals surface area (Å²) in [5.74, 6) is -5.04.